The van der Waals surface area contributed by atoms with Crippen molar-refractivity contribution in [1.29, 1.82) is 5.26 Å². The van der Waals surface area contributed by atoms with Crippen molar-refractivity contribution in [3.8, 4) is 23.3 Å². The van der Waals surface area contributed by atoms with Crippen LogP contribution in [0.1, 0.15) is 34.7 Å². The Balaban J connectivity index is 1.67. The molecule has 0 amide bonds. The predicted octanol–water partition coefficient (Wildman–Crippen LogP) is 6.30. The van der Waals surface area contributed by atoms with Gasteiger partial charge in [0.05, 0.1) is 18.2 Å². The van der Waals surface area contributed by atoms with E-state index in [1.165, 1.54) is 11.8 Å². The summed E-state index contributed by atoms with van der Waals surface area (Å²) >= 11 is 4.73. The number of ether oxygens (including phenoxy) is 2. The van der Waals surface area contributed by atoms with Crippen LogP contribution in [0.2, 0.25) is 0 Å². The van der Waals surface area contributed by atoms with E-state index >= 15 is 0 Å². The molecule has 0 fully saturated rings. The van der Waals surface area contributed by atoms with Gasteiger partial charge in [0.25, 0.3) is 0 Å². The summed E-state index contributed by atoms with van der Waals surface area (Å²) in [6.45, 7) is 4.10. The molecule has 0 bridgehead atoms. The second-order valence-electron chi connectivity index (χ2n) is 8.15. The number of halogens is 1. The Morgan fingerprint density at radius 3 is 2.61 bits per heavy atom. The van der Waals surface area contributed by atoms with E-state index in [1.807, 2.05) is 66.9 Å². The first kappa shape index (κ1) is 27.2. The lowest BCUT2D eigenvalue weighted by molar-refractivity contribution is -0.479. The van der Waals surface area contributed by atoms with Crippen molar-refractivity contribution in [2.45, 2.75) is 30.9 Å². The number of nitriles is 1. The van der Waals surface area contributed by atoms with Crippen LogP contribution < -0.4 is 9.47 Å². The lowest BCUT2D eigenvalue weighted by atomic mass is 10.1. The monoisotopic (exact) mass is 593 g/mol. The quantitative estimate of drug-likeness (QED) is 0.113. The van der Waals surface area contributed by atoms with E-state index in [9.17, 15) is 15.4 Å². The van der Waals surface area contributed by atoms with Crippen molar-refractivity contribution in [2.24, 2.45) is 0 Å². The molecule has 9 nitrogen and oxygen atoms in total. The molecule has 194 valence electrons. The zero-order valence-electron chi connectivity index (χ0n) is 20.7. The van der Waals surface area contributed by atoms with Crippen LogP contribution in [0, 0.1) is 28.4 Å². The molecule has 0 aliphatic heterocycles. The molecule has 0 radical (unpaired) electrons. The van der Waals surface area contributed by atoms with Gasteiger partial charge in [0.1, 0.15) is 29.2 Å². The van der Waals surface area contributed by atoms with Crippen LogP contribution >= 0.6 is 27.7 Å². The Morgan fingerprint density at radius 2 is 1.89 bits per heavy atom. The van der Waals surface area contributed by atoms with Crippen LogP contribution in [0.4, 0.5) is 0 Å². The van der Waals surface area contributed by atoms with Gasteiger partial charge in [-0.1, -0.05) is 45.9 Å². The van der Waals surface area contributed by atoms with Gasteiger partial charge >= 0.3 is 0 Å². The molecular weight excluding hydrogens is 570 g/mol. The number of hydrogen-bond acceptors (Lipinski definition) is 8. The van der Waals surface area contributed by atoms with Crippen molar-refractivity contribution in [1.82, 2.24) is 14.8 Å². The lowest BCUT2D eigenvalue weighted by Crippen LogP contribution is -2.13. The maximum absolute atomic E-state index is 11.7. The number of hydrogen-bond donors (Lipinski definition) is 0. The molecule has 11 heteroatoms. The Morgan fingerprint density at radius 1 is 1.13 bits per heavy atom. The minimum atomic E-state index is -0.631. The average Bonchev–Trinajstić information content (AvgIpc) is 3.27. The number of nitrogens with zero attached hydrogens (tertiary/aromatic N) is 5. The van der Waals surface area contributed by atoms with Gasteiger partial charge < -0.3 is 9.47 Å². The minimum absolute atomic E-state index is 0.148. The summed E-state index contributed by atoms with van der Waals surface area (Å²) in [6.07, 6.45) is 0. The maximum atomic E-state index is 11.7. The first-order valence-electron chi connectivity index (χ1n) is 11.7. The molecule has 1 aromatic heterocycles. The summed E-state index contributed by atoms with van der Waals surface area (Å²) in [4.78, 5) is 11.4. The smallest absolute Gasteiger partial charge is 0.220 e. The summed E-state index contributed by atoms with van der Waals surface area (Å²) in [7, 11) is 0. The SMILES string of the molecule is CCOc1ccc(-n2c(C)nnc2S[C@H](C[N+](=O)[O-])c2cc(Br)ccc2OCc2ccccc2C#N)cc1. The van der Waals surface area contributed by atoms with Crippen LogP contribution in [0.5, 0.6) is 11.5 Å². The Hall–Kier alpha value is -3.88. The first-order valence-corrected chi connectivity index (χ1v) is 13.4. The van der Waals surface area contributed by atoms with E-state index in [1.54, 1.807) is 18.2 Å². The molecule has 1 atom stereocenters. The topological polar surface area (TPSA) is 116 Å². The van der Waals surface area contributed by atoms with Gasteiger partial charge in [-0.3, -0.25) is 14.7 Å². The number of aryl methyl sites for hydroxylation is 1. The number of aromatic nitrogens is 3. The van der Waals surface area contributed by atoms with Gasteiger partial charge in [0, 0.05) is 26.2 Å². The molecule has 3 aromatic carbocycles. The van der Waals surface area contributed by atoms with Gasteiger partial charge in [-0.15, -0.1) is 10.2 Å². The summed E-state index contributed by atoms with van der Waals surface area (Å²) in [5.41, 5.74) is 2.70. The fourth-order valence-electron chi connectivity index (χ4n) is 3.85. The Kier molecular flexibility index (Phi) is 8.99. The molecule has 0 spiro atoms. The maximum Gasteiger partial charge on any atom is 0.220 e. The number of benzene rings is 3. The molecule has 0 unspecified atom stereocenters. The molecule has 4 aromatic rings. The van der Waals surface area contributed by atoms with Crippen LogP contribution in [0.25, 0.3) is 5.69 Å². The van der Waals surface area contributed by atoms with E-state index in [4.69, 9.17) is 9.47 Å². The van der Waals surface area contributed by atoms with Crippen molar-refractivity contribution in [2.75, 3.05) is 13.2 Å². The third-order valence-electron chi connectivity index (χ3n) is 5.60. The molecule has 4 rings (SSSR count). The highest BCUT2D eigenvalue weighted by atomic mass is 79.9. The zero-order valence-corrected chi connectivity index (χ0v) is 23.1. The Bertz CT molecular complexity index is 1470. The summed E-state index contributed by atoms with van der Waals surface area (Å²) in [5, 5.41) is 29.6. The van der Waals surface area contributed by atoms with E-state index in [0.29, 0.717) is 34.5 Å². The standard InChI is InChI=1S/C27H24BrN5O4S/c1-3-36-23-11-9-22(10-12-23)33-18(2)30-31-27(33)38-26(16-32(34)35)24-14-21(28)8-13-25(24)37-17-20-7-5-4-6-19(20)15-29/h4-14,26H,3,16-17H2,1-2H3/t26-/m1/s1. The Labute approximate surface area is 232 Å². The van der Waals surface area contributed by atoms with E-state index in [2.05, 4.69) is 32.2 Å². The summed E-state index contributed by atoms with van der Waals surface area (Å²) < 4.78 is 14.3. The highest BCUT2D eigenvalue weighted by Crippen LogP contribution is 2.41. The predicted molar refractivity (Wildman–Crippen MR) is 147 cm³/mol. The molecule has 0 aliphatic carbocycles. The first-order chi connectivity index (χ1) is 18.4. The van der Waals surface area contributed by atoms with Gasteiger partial charge in [0.15, 0.2) is 5.16 Å². The van der Waals surface area contributed by atoms with Crippen LogP contribution in [-0.4, -0.2) is 32.8 Å². The van der Waals surface area contributed by atoms with Gasteiger partial charge in [-0.05, 0) is 62.4 Å². The third kappa shape index (κ3) is 6.51. The zero-order chi connectivity index (χ0) is 27.1. The fraction of sp³-hybridized carbons (Fsp3) is 0.222. The number of rotatable bonds is 11. The summed E-state index contributed by atoms with van der Waals surface area (Å²) in [5.74, 6) is 1.88. The van der Waals surface area contributed by atoms with Crippen LogP contribution in [0.3, 0.4) is 0 Å². The third-order valence-corrected chi connectivity index (χ3v) is 7.26. The van der Waals surface area contributed by atoms with Crippen molar-refractivity contribution in [3.05, 3.63) is 104 Å². The number of nitro groups is 1. The summed E-state index contributed by atoms with van der Waals surface area (Å²) in [6, 6.07) is 22.3. The molecule has 0 aliphatic rings. The van der Waals surface area contributed by atoms with E-state index < -0.39 is 5.25 Å². The molecule has 0 N–H and O–H groups in total. The molecule has 1 heterocycles. The van der Waals surface area contributed by atoms with E-state index in [0.717, 1.165) is 21.5 Å². The molecular formula is C27H24BrN5O4S. The van der Waals surface area contributed by atoms with Gasteiger partial charge in [0.2, 0.25) is 6.54 Å². The van der Waals surface area contributed by atoms with Crippen molar-refractivity contribution < 1.29 is 14.4 Å². The van der Waals surface area contributed by atoms with Gasteiger partial charge in [-0.25, -0.2) is 0 Å². The van der Waals surface area contributed by atoms with Gasteiger partial charge in [-0.2, -0.15) is 5.26 Å². The highest BCUT2D eigenvalue weighted by molar-refractivity contribution is 9.10. The molecule has 38 heavy (non-hydrogen) atoms. The van der Waals surface area contributed by atoms with Crippen LogP contribution in [-0.2, 0) is 6.61 Å². The molecule has 0 saturated heterocycles. The fourth-order valence-corrected chi connectivity index (χ4v) is 5.42. The minimum Gasteiger partial charge on any atom is -0.494 e. The van der Waals surface area contributed by atoms with Crippen molar-refractivity contribution in [3.63, 3.8) is 0 Å². The van der Waals surface area contributed by atoms with E-state index in [-0.39, 0.29) is 18.1 Å². The largest absolute Gasteiger partial charge is 0.494 e. The second kappa shape index (κ2) is 12.6. The lowest BCUT2D eigenvalue weighted by Gasteiger charge is -2.19. The van der Waals surface area contributed by atoms with Crippen LogP contribution in [0.15, 0.2) is 76.4 Å². The van der Waals surface area contributed by atoms with Crippen molar-refractivity contribution >= 4 is 27.7 Å². The highest BCUT2D eigenvalue weighted by Gasteiger charge is 2.27. The second-order valence-corrected chi connectivity index (χ2v) is 10.2. The average molecular weight is 594 g/mol. The number of thioether (sulfide) groups is 1. The molecule has 0 saturated carbocycles. The normalized spacial score (nSPS) is 11.5.